The van der Waals surface area contributed by atoms with E-state index in [4.69, 9.17) is 11.6 Å². The second-order valence-corrected chi connectivity index (χ2v) is 10.5. The number of aromatic hydroxyl groups is 1. The molecule has 0 saturated heterocycles. The molecule has 3 aromatic carbocycles. The highest BCUT2D eigenvalue weighted by Crippen LogP contribution is 2.62. The summed E-state index contributed by atoms with van der Waals surface area (Å²) in [5.74, 6) is 1.87. The Balaban J connectivity index is 1.43. The van der Waals surface area contributed by atoms with E-state index in [1.807, 2.05) is 24.3 Å². The molecule has 0 spiro atoms. The van der Waals surface area contributed by atoms with Crippen LogP contribution in [0.1, 0.15) is 54.4 Å². The maximum absolute atomic E-state index is 11.4. The zero-order valence-electron chi connectivity index (χ0n) is 17.3. The first-order chi connectivity index (χ1) is 14.9. The Morgan fingerprint density at radius 3 is 2.10 bits per heavy atom. The SMILES string of the molecule is O=C(O)c1cc2ccc(-c3ccc(O)c(C45CC6CC(CC(C6)C4)C5)c3)cc2cc1Cl. The van der Waals surface area contributed by atoms with Crippen LogP contribution < -0.4 is 0 Å². The van der Waals surface area contributed by atoms with Gasteiger partial charge in [0.2, 0.25) is 0 Å². The minimum atomic E-state index is -1.02. The Labute approximate surface area is 186 Å². The van der Waals surface area contributed by atoms with Crippen LogP contribution >= 0.6 is 11.6 Å². The maximum atomic E-state index is 11.4. The number of hydrogen-bond acceptors (Lipinski definition) is 2. The third-order valence-corrected chi connectivity index (χ3v) is 8.41. The number of carboxylic acids is 1. The van der Waals surface area contributed by atoms with Crippen molar-refractivity contribution in [3.63, 3.8) is 0 Å². The van der Waals surface area contributed by atoms with Gasteiger partial charge in [0.1, 0.15) is 5.75 Å². The van der Waals surface area contributed by atoms with Crippen molar-refractivity contribution >= 4 is 28.3 Å². The minimum Gasteiger partial charge on any atom is -0.508 e. The number of halogens is 1. The van der Waals surface area contributed by atoms with E-state index in [1.54, 1.807) is 12.1 Å². The fourth-order valence-electron chi connectivity index (χ4n) is 7.19. The molecular weight excluding hydrogens is 408 g/mol. The molecule has 0 heterocycles. The Kier molecular flexibility index (Phi) is 4.17. The van der Waals surface area contributed by atoms with Gasteiger partial charge in [0.05, 0.1) is 10.6 Å². The summed E-state index contributed by atoms with van der Waals surface area (Å²) in [5.41, 5.74) is 3.52. The van der Waals surface area contributed by atoms with Crippen LogP contribution in [0.25, 0.3) is 21.9 Å². The molecule has 4 aliphatic carbocycles. The predicted molar refractivity (Wildman–Crippen MR) is 123 cm³/mol. The van der Waals surface area contributed by atoms with Gasteiger partial charge in [-0.15, -0.1) is 0 Å². The lowest BCUT2D eigenvalue weighted by atomic mass is 9.48. The molecule has 3 aromatic rings. The molecule has 4 heteroatoms. The molecule has 0 radical (unpaired) electrons. The van der Waals surface area contributed by atoms with Crippen LogP contribution in [0.5, 0.6) is 5.75 Å². The van der Waals surface area contributed by atoms with Crippen molar-refractivity contribution < 1.29 is 15.0 Å². The van der Waals surface area contributed by atoms with Crippen LogP contribution in [-0.4, -0.2) is 16.2 Å². The Hall–Kier alpha value is -2.52. The van der Waals surface area contributed by atoms with Gasteiger partial charge in [-0.25, -0.2) is 4.79 Å². The predicted octanol–water partition coefficient (Wildman–Crippen LogP) is 7.03. The number of rotatable bonds is 3. The van der Waals surface area contributed by atoms with Gasteiger partial charge in [0.25, 0.3) is 0 Å². The summed E-state index contributed by atoms with van der Waals surface area (Å²) >= 11 is 6.21. The summed E-state index contributed by atoms with van der Waals surface area (Å²) in [6.07, 6.45) is 7.76. The maximum Gasteiger partial charge on any atom is 0.337 e. The summed E-state index contributed by atoms with van der Waals surface area (Å²) in [6.45, 7) is 0. The third kappa shape index (κ3) is 3.05. The van der Waals surface area contributed by atoms with Crippen molar-refractivity contribution in [2.24, 2.45) is 17.8 Å². The van der Waals surface area contributed by atoms with E-state index in [-0.39, 0.29) is 16.0 Å². The largest absolute Gasteiger partial charge is 0.508 e. The fourth-order valence-corrected chi connectivity index (χ4v) is 7.45. The molecule has 4 fully saturated rings. The minimum absolute atomic E-state index is 0.121. The Bertz CT molecular complexity index is 1190. The highest BCUT2D eigenvalue weighted by Gasteiger charge is 2.52. The second kappa shape index (κ2) is 6.74. The lowest BCUT2D eigenvalue weighted by Crippen LogP contribution is -2.48. The van der Waals surface area contributed by atoms with Gasteiger partial charge in [0, 0.05) is 5.56 Å². The van der Waals surface area contributed by atoms with Gasteiger partial charge in [0.15, 0.2) is 0 Å². The number of benzene rings is 3. The molecule has 31 heavy (non-hydrogen) atoms. The van der Waals surface area contributed by atoms with Crippen LogP contribution in [0, 0.1) is 17.8 Å². The second-order valence-electron chi connectivity index (χ2n) is 10.1. The van der Waals surface area contributed by atoms with Crippen molar-refractivity contribution in [1.29, 1.82) is 0 Å². The van der Waals surface area contributed by atoms with E-state index < -0.39 is 5.97 Å². The zero-order chi connectivity index (χ0) is 21.3. The van der Waals surface area contributed by atoms with Gasteiger partial charge in [-0.3, -0.25) is 0 Å². The molecule has 0 aromatic heterocycles. The van der Waals surface area contributed by atoms with E-state index >= 15 is 0 Å². The van der Waals surface area contributed by atoms with Gasteiger partial charge in [-0.1, -0.05) is 29.8 Å². The van der Waals surface area contributed by atoms with Crippen molar-refractivity contribution in [2.45, 2.75) is 43.9 Å². The van der Waals surface area contributed by atoms with Crippen LogP contribution in [0.3, 0.4) is 0 Å². The van der Waals surface area contributed by atoms with Gasteiger partial charge in [-0.05, 0) is 114 Å². The van der Waals surface area contributed by atoms with Gasteiger partial charge < -0.3 is 10.2 Å². The summed E-state index contributed by atoms with van der Waals surface area (Å²) in [7, 11) is 0. The molecule has 3 nitrogen and oxygen atoms in total. The molecule has 2 N–H and O–H groups in total. The third-order valence-electron chi connectivity index (χ3n) is 8.10. The number of aromatic carboxylic acids is 1. The Morgan fingerprint density at radius 1 is 0.839 bits per heavy atom. The van der Waals surface area contributed by atoms with E-state index in [0.717, 1.165) is 45.2 Å². The molecule has 4 aliphatic rings. The zero-order valence-corrected chi connectivity index (χ0v) is 18.0. The number of hydrogen-bond donors (Lipinski definition) is 2. The summed E-state index contributed by atoms with van der Waals surface area (Å²) in [4.78, 5) is 11.4. The standard InChI is InChI=1S/C27H25ClO3/c28-24-11-21-8-18(1-2-19(21)9-22(24)26(30)31)20-3-4-25(29)23(10-20)27-12-15-5-16(13-27)7-17(6-15)14-27/h1-4,8-11,15-17,29H,5-7,12-14H2,(H,30,31). The van der Waals surface area contributed by atoms with Crippen LogP contribution in [0.4, 0.5) is 0 Å². The molecule has 4 bridgehead atoms. The molecule has 158 valence electrons. The number of carbonyl (C=O) groups is 1. The van der Waals surface area contributed by atoms with E-state index in [1.165, 1.54) is 38.5 Å². The van der Waals surface area contributed by atoms with Crippen LogP contribution in [0.2, 0.25) is 5.02 Å². The molecule has 4 saturated carbocycles. The molecule has 0 aliphatic heterocycles. The van der Waals surface area contributed by atoms with Gasteiger partial charge >= 0.3 is 5.97 Å². The molecule has 0 atom stereocenters. The smallest absolute Gasteiger partial charge is 0.337 e. The van der Waals surface area contributed by atoms with Crippen LogP contribution in [-0.2, 0) is 5.41 Å². The average molecular weight is 433 g/mol. The monoisotopic (exact) mass is 432 g/mol. The van der Waals surface area contributed by atoms with E-state index in [2.05, 4.69) is 12.1 Å². The first kappa shape index (κ1) is 19.2. The highest BCUT2D eigenvalue weighted by molar-refractivity contribution is 6.34. The quantitative estimate of drug-likeness (QED) is 0.467. The molecule has 0 unspecified atom stereocenters. The lowest BCUT2D eigenvalue weighted by Gasteiger charge is -2.57. The molecular formula is C27H25ClO3. The topological polar surface area (TPSA) is 57.5 Å². The number of carboxylic acid groups (broad SMARTS) is 1. The van der Waals surface area contributed by atoms with Crippen LogP contribution in [0.15, 0.2) is 48.5 Å². The first-order valence-corrected chi connectivity index (χ1v) is 11.6. The number of fused-ring (bicyclic) bond motifs is 1. The number of phenols is 1. The van der Waals surface area contributed by atoms with E-state index in [9.17, 15) is 15.0 Å². The molecule has 0 amide bonds. The Morgan fingerprint density at radius 2 is 1.45 bits per heavy atom. The van der Waals surface area contributed by atoms with E-state index in [0.29, 0.717) is 5.75 Å². The number of phenolic OH excluding ortho intramolecular Hbond substituents is 1. The van der Waals surface area contributed by atoms with Crippen molar-refractivity contribution in [2.75, 3.05) is 0 Å². The van der Waals surface area contributed by atoms with Crippen molar-refractivity contribution in [1.82, 2.24) is 0 Å². The summed E-state index contributed by atoms with van der Waals surface area (Å²) in [6, 6.07) is 15.4. The van der Waals surface area contributed by atoms with Crippen molar-refractivity contribution in [3.05, 3.63) is 64.7 Å². The normalized spacial score (nSPS) is 28.9. The molecule has 7 rings (SSSR count). The van der Waals surface area contributed by atoms with Gasteiger partial charge in [-0.2, -0.15) is 0 Å². The summed E-state index contributed by atoms with van der Waals surface area (Å²) in [5, 5.41) is 22.2. The summed E-state index contributed by atoms with van der Waals surface area (Å²) < 4.78 is 0. The van der Waals surface area contributed by atoms with Crippen molar-refractivity contribution in [3.8, 4) is 16.9 Å². The average Bonchev–Trinajstić information content (AvgIpc) is 2.72. The lowest BCUT2D eigenvalue weighted by molar-refractivity contribution is -0.00611. The fraction of sp³-hybridized carbons (Fsp3) is 0.370. The highest BCUT2D eigenvalue weighted by atomic mass is 35.5. The first-order valence-electron chi connectivity index (χ1n) is 11.2.